The van der Waals surface area contributed by atoms with Crippen molar-refractivity contribution in [2.75, 3.05) is 0 Å². The van der Waals surface area contributed by atoms with Gasteiger partial charge in [0.05, 0.1) is 18.2 Å². The highest BCUT2D eigenvalue weighted by molar-refractivity contribution is 9.10. The molecule has 1 aromatic rings. The summed E-state index contributed by atoms with van der Waals surface area (Å²) in [6.45, 7) is 2.11. The molecule has 5 heteroatoms. The van der Waals surface area contributed by atoms with Crippen molar-refractivity contribution in [3.63, 3.8) is 0 Å². The fourth-order valence-electron chi connectivity index (χ4n) is 1.99. The zero-order valence-corrected chi connectivity index (χ0v) is 11.0. The van der Waals surface area contributed by atoms with E-state index in [1.165, 1.54) is 5.56 Å². The van der Waals surface area contributed by atoms with Gasteiger partial charge in [-0.25, -0.2) is 0 Å². The molecule has 3 atom stereocenters. The Kier molecular flexibility index (Phi) is 3.79. The third kappa shape index (κ3) is 2.42. The van der Waals surface area contributed by atoms with Crippen LogP contribution in [0, 0.1) is 0 Å². The van der Waals surface area contributed by atoms with Crippen molar-refractivity contribution in [1.29, 1.82) is 0 Å². The number of thiophene rings is 1. The van der Waals surface area contributed by atoms with Crippen LogP contribution >= 0.6 is 27.3 Å². The maximum atomic E-state index is 5.83. The maximum absolute atomic E-state index is 5.83. The standard InChI is InChI=1S/C10H15BrN2OS/c1-6-2-3-9(14-6)10(13-12)7-4-15-5-8(7)11/h4-6,9-10,13H,2-3,12H2,1H3. The summed E-state index contributed by atoms with van der Waals surface area (Å²) in [7, 11) is 0. The molecular weight excluding hydrogens is 276 g/mol. The highest BCUT2D eigenvalue weighted by Crippen LogP contribution is 2.34. The van der Waals surface area contributed by atoms with Gasteiger partial charge in [-0.15, -0.1) is 0 Å². The molecule has 3 unspecified atom stereocenters. The fraction of sp³-hybridized carbons (Fsp3) is 0.600. The van der Waals surface area contributed by atoms with E-state index in [2.05, 4.69) is 39.0 Å². The number of halogens is 1. The number of hydrogen-bond acceptors (Lipinski definition) is 4. The molecule has 0 saturated carbocycles. The van der Waals surface area contributed by atoms with Gasteiger partial charge in [-0.05, 0) is 46.6 Å². The average molecular weight is 291 g/mol. The summed E-state index contributed by atoms with van der Waals surface area (Å²) in [5.41, 5.74) is 4.06. The lowest BCUT2D eigenvalue weighted by Gasteiger charge is -2.22. The summed E-state index contributed by atoms with van der Waals surface area (Å²) in [5.74, 6) is 5.61. The van der Waals surface area contributed by atoms with Gasteiger partial charge in [0.1, 0.15) is 0 Å². The van der Waals surface area contributed by atoms with Gasteiger partial charge in [-0.2, -0.15) is 11.3 Å². The Morgan fingerprint density at radius 3 is 2.87 bits per heavy atom. The van der Waals surface area contributed by atoms with Crippen molar-refractivity contribution < 1.29 is 4.74 Å². The van der Waals surface area contributed by atoms with Crippen LogP contribution in [-0.4, -0.2) is 12.2 Å². The molecule has 1 aliphatic rings. The minimum absolute atomic E-state index is 0.0931. The molecule has 84 valence electrons. The molecule has 0 amide bonds. The Hall–Kier alpha value is 0.0600. The summed E-state index contributed by atoms with van der Waals surface area (Å²) < 4.78 is 6.94. The minimum Gasteiger partial charge on any atom is -0.373 e. The monoisotopic (exact) mass is 290 g/mol. The van der Waals surface area contributed by atoms with Gasteiger partial charge in [-0.1, -0.05) is 0 Å². The quantitative estimate of drug-likeness (QED) is 0.664. The molecule has 1 aromatic heterocycles. The summed E-state index contributed by atoms with van der Waals surface area (Å²) in [5, 5.41) is 4.18. The molecule has 0 aromatic carbocycles. The van der Waals surface area contributed by atoms with Gasteiger partial charge in [-0.3, -0.25) is 11.3 Å². The summed E-state index contributed by atoms with van der Waals surface area (Å²) in [4.78, 5) is 0. The zero-order valence-electron chi connectivity index (χ0n) is 8.57. The molecule has 0 spiro atoms. The van der Waals surface area contributed by atoms with E-state index in [9.17, 15) is 0 Å². The first kappa shape index (κ1) is 11.5. The van der Waals surface area contributed by atoms with E-state index in [1.807, 2.05) is 0 Å². The first-order chi connectivity index (χ1) is 7.22. The van der Waals surface area contributed by atoms with E-state index in [-0.39, 0.29) is 12.1 Å². The van der Waals surface area contributed by atoms with Crippen LogP contribution < -0.4 is 11.3 Å². The molecule has 0 bridgehead atoms. The molecule has 1 aliphatic heterocycles. The number of nitrogens with two attached hydrogens (primary N) is 1. The maximum Gasteiger partial charge on any atom is 0.0788 e. The first-order valence-electron chi connectivity index (χ1n) is 5.05. The number of rotatable bonds is 3. The average Bonchev–Trinajstić information content (AvgIpc) is 2.79. The second-order valence-corrected chi connectivity index (χ2v) is 5.48. The van der Waals surface area contributed by atoms with Gasteiger partial charge in [0.2, 0.25) is 0 Å². The number of hydrogen-bond donors (Lipinski definition) is 2. The van der Waals surface area contributed by atoms with Crippen molar-refractivity contribution in [2.45, 2.75) is 38.0 Å². The van der Waals surface area contributed by atoms with Crippen molar-refractivity contribution in [2.24, 2.45) is 5.84 Å². The third-order valence-electron chi connectivity index (χ3n) is 2.79. The smallest absolute Gasteiger partial charge is 0.0788 e. The van der Waals surface area contributed by atoms with Crippen molar-refractivity contribution >= 4 is 27.3 Å². The Morgan fingerprint density at radius 2 is 2.40 bits per heavy atom. The topological polar surface area (TPSA) is 47.3 Å². The van der Waals surface area contributed by atoms with Crippen molar-refractivity contribution in [3.8, 4) is 0 Å². The molecule has 1 fully saturated rings. The summed E-state index contributed by atoms with van der Waals surface area (Å²) in [6.07, 6.45) is 2.72. The lowest BCUT2D eigenvalue weighted by Crippen LogP contribution is -2.36. The molecule has 2 rings (SSSR count). The molecule has 3 N–H and O–H groups in total. The lowest BCUT2D eigenvalue weighted by molar-refractivity contribution is 0.0315. The van der Waals surface area contributed by atoms with E-state index in [1.54, 1.807) is 11.3 Å². The summed E-state index contributed by atoms with van der Waals surface area (Å²) in [6, 6.07) is 0.0931. The Balaban J connectivity index is 2.14. The molecule has 0 radical (unpaired) electrons. The van der Waals surface area contributed by atoms with E-state index in [0.29, 0.717) is 6.10 Å². The van der Waals surface area contributed by atoms with Crippen LogP contribution in [0.25, 0.3) is 0 Å². The zero-order chi connectivity index (χ0) is 10.8. The SMILES string of the molecule is CC1CCC(C(NN)c2cscc2Br)O1. The molecular formula is C10H15BrN2OS. The number of ether oxygens (including phenoxy) is 1. The predicted octanol–water partition coefficient (Wildman–Crippen LogP) is 2.58. The van der Waals surface area contributed by atoms with Gasteiger partial charge in [0.15, 0.2) is 0 Å². The molecule has 15 heavy (non-hydrogen) atoms. The van der Waals surface area contributed by atoms with Crippen molar-refractivity contribution in [3.05, 3.63) is 20.8 Å². The Bertz CT molecular complexity index is 331. The van der Waals surface area contributed by atoms with Gasteiger partial charge < -0.3 is 4.74 Å². The van der Waals surface area contributed by atoms with Crippen LogP contribution in [0.2, 0.25) is 0 Å². The first-order valence-corrected chi connectivity index (χ1v) is 6.79. The minimum atomic E-state index is 0.0931. The van der Waals surface area contributed by atoms with Gasteiger partial charge in [0, 0.05) is 9.85 Å². The highest BCUT2D eigenvalue weighted by Gasteiger charge is 2.31. The van der Waals surface area contributed by atoms with E-state index >= 15 is 0 Å². The number of hydrazine groups is 1. The van der Waals surface area contributed by atoms with Crippen LogP contribution in [0.15, 0.2) is 15.2 Å². The van der Waals surface area contributed by atoms with Crippen LogP contribution in [-0.2, 0) is 4.74 Å². The van der Waals surface area contributed by atoms with Crippen molar-refractivity contribution in [1.82, 2.24) is 5.43 Å². The van der Waals surface area contributed by atoms with Crippen LogP contribution in [0.1, 0.15) is 31.4 Å². The largest absolute Gasteiger partial charge is 0.373 e. The normalized spacial score (nSPS) is 28.2. The molecule has 3 nitrogen and oxygen atoms in total. The van der Waals surface area contributed by atoms with Crippen LogP contribution in [0.3, 0.4) is 0 Å². The predicted molar refractivity (Wildman–Crippen MR) is 65.7 cm³/mol. The van der Waals surface area contributed by atoms with E-state index in [0.717, 1.165) is 17.3 Å². The third-order valence-corrected chi connectivity index (χ3v) is 4.55. The van der Waals surface area contributed by atoms with E-state index < -0.39 is 0 Å². The second-order valence-electron chi connectivity index (χ2n) is 3.88. The van der Waals surface area contributed by atoms with Gasteiger partial charge in [0.25, 0.3) is 0 Å². The summed E-state index contributed by atoms with van der Waals surface area (Å²) >= 11 is 5.20. The second kappa shape index (κ2) is 4.93. The van der Waals surface area contributed by atoms with E-state index in [4.69, 9.17) is 10.6 Å². The number of nitrogens with one attached hydrogen (secondary N) is 1. The molecule has 2 heterocycles. The molecule has 0 aliphatic carbocycles. The lowest BCUT2D eigenvalue weighted by atomic mass is 10.0. The molecule has 1 saturated heterocycles. The Morgan fingerprint density at radius 1 is 1.60 bits per heavy atom. The fourth-order valence-corrected chi connectivity index (χ4v) is 3.57. The highest BCUT2D eigenvalue weighted by atomic mass is 79.9. The van der Waals surface area contributed by atoms with Crippen LogP contribution in [0.5, 0.6) is 0 Å². The van der Waals surface area contributed by atoms with Gasteiger partial charge >= 0.3 is 0 Å². The Labute approximate surface area is 102 Å². The van der Waals surface area contributed by atoms with Crippen LogP contribution in [0.4, 0.5) is 0 Å².